The van der Waals surface area contributed by atoms with Crippen LogP contribution in [-0.4, -0.2) is 42.3 Å². The van der Waals surface area contributed by atoms with Gasteiger partial charge in [-0.1, -0.05) is 23.7 Å². The molecule has 1 saturated heterocycles. The molecule has 1 aliphatic rings. The van der Waals surface area contributed by atoms with E-state index in [-0.39, 0.29) is 6.10 Å². The Hall–Kier alpha value is -0.770. The van der Waals surface area contributed by atoms with Crippen LogP contribution in [0.3, 0.4) is 0 Å². The number of benzene rings is 1. The first-order valence-electron chi connectivity index (χ1n) is 6.56. The predicted octanol–water partition coefficient (Wildman–Crippen LogP) is 2.52. The van der Waals surface area contributed by atoms with Crippen molar-refractivity contribution in [3.05, 3.63) is 28.8 Å². The molecule has 1 atom stereocenters. The highest BCUT2D eigenvalue weighted by atomic mass is 35.5. The Kier molecular flexibility index (Phi) is 4.87. The summed E-state index contributed by atoms with van der Waals surface area (Å²) in [5.74, 6) is 0. The zero-order chi connectivity index (χ0) is 13.0. The minimum Gasteiger partial charge on any atom is -0.390 e. The van der Waals surface area contributed by atoms with E-state index >= 15 is 0 Å². The van der Waals surface area contributed by atoms with Crippen molar-refractivity contribution in [2.24, 2.45) is 0 Å². The van der Waals surface area contributed by atoms with Crippen molar-refractivity contribution < 1.29 is 5.11 Å². The van der Waals surface area contributed by atoms with Gasteiger partial charge in [-0.25, -0.2) is 0 Å². The summed E-state index contributed by atoms with van der Waals surface area (Å²) in [5, 5.41) is 14.0. The van der Waals surface area contributed by atoms with Gasteiger partial charge >= 0.3 is 0 Å². The highest BCUT2D eigenvalue weighted by Crippen LogP contribution is 2.25. The van der Waals surface area contributed by atoms with Crippen molar-refractivity contribution in [3.8, 4) is 0 Å². The molecule has 0 amide bonds. The van der Waals surface area contributed by atoms with E-state index in [0.717, 1.165) is 30.9 Å². The van der Waals surface area contributed by atoms with E-state index in [0.29, 0.717) is 11.6 Å². The molecule has 1 aromatic rings. The predicted molar refractivity (Wildman–Crippen MR) is 76.4 cm³/mol. The molecule has 18 heavy (non-hydrogen) atoms. The molecule has 0 bridgehead atoms. The van der Waals surface area contributed by atoms with Gasteiger partial charge in [0.2, 0.25) is 0 Å². The number of anilines is 1. The summed E-state index contributed by atoms with van der Waals surface area (Å²) in [6.45, 7) is 5.53. The molecule has 4 heteroatoms. The van der Waals surface area contributed by atoms with Crippen LogP contribution in [0.1, 0.15) is 18.4 Å². The number of rotatable bonds is 5. The van der Waals surface area contributed by atoms with Gasteiger partial charge in [-0.05, 0) is 44.5 Å². The standard InChI is InChI=1S/C14H21ClN2O/c1-11-5-4-6-13(15)14(11)16-9-12(18)10-17-7-2-3-8-17/h4-6,12,16,18H,2-3,7-10H2,1H3. The molecule has 1 aliphatic heterocycles. The molecule has 1 aromatic carbocycles. The lowest BCUT2D eigenvalue weighted by molar-refractivity contribution is 0.135. The Morgan fingerprint density at radius 2 is 2.11 bits per heavy atom. The lowest BCUT2D eigenvalue weighted by Gasteiger charge is -2.20. The smallest absolute Gasteiger partial charge is 0.0839 e. The number of β-amino-alcohol motifs (C(OH)–C–C–N with tert-alkyl or cyclic N) is 1. The Labute approximate surface area is 114 Å². The third-order valence-electron chi connectivity index (χ3n) is 3.40. The van der Waals surface area contributed by atoms with Gasteiger partial charge in [0.15, 0.2) is 0 Å². The largest absolute Gasteiger partial charge is 0.390 e. The van der Waals surface area contributed by atoms with Crippen LogP contribution in [0, 0.1) is 6.92 Å². The minimum atomic E-state index is -0.348. The molecule has 0 aliphatic carbocycles. The average molecular weight is 269 g/mol. The Morgan fingerprint density at radius 3 is 2.78 bits per heavy atom. The molecule has 0 aromatic heterocycles. The quantitative estimate of drug-likeness (QED) is 0.861. The van der Waals surface area contributed by atoms with Crippen molar-refractivity contribution in [2.45, 2.75) is 25.9 Å². The first-order valence-corrected chi connectivity index (χ1v) is 6.94. The van der Waals surface area contributed by atoms with Gasteiger partial charge in [-0.3, -0.25) is 0 Å². The lowest BCUT2D eigenvalue weighted by Crippen LogP contribution is -2.34. The molecule has 1 fully saturated rings. The number of likely N-dealkylation sites (tertiary alicyclic amines) is 1. The number of aryl methyl sites for hydroxylation is 1. The number of halogens is 1. The number of aliphatic hydroxyl groups excluding tert-OH is 1. The van der Waals surface area contributed by atoms with Crippen LogP contribution in [0.25, 0.3) is 0 Å². The van der Waals surface area contributed by atoms with Gasteiger partial charge in [0, 0.05) is 13.1 Å². The van der Waals surface area contributed by atoms with Crippen molar-refractivity contribution in [3.63, 3.8) is 0 Å². The number of aliphatic hydroxyl groups is 1. The van der Waals surface area contributed by atoms with Gasteiger partial charge in [-0.2, -0.15) is 0 Å². The molecule has 2 N–H and O–H groups in total. The van der Waals surface area contributed by atoms with Crippen molar-refractivity contribution in [2.75, 3.05) is 31.5 Å². The summed E-state index contributed by atoms with van der Waals surface area (Å²) >= 11 is 6.13. The molecule has 2 rings (SSSR count). The molecular formula is C14H21ClN2O. The highest BCUT2D eigenvalue weighted by molar-refractivity contribution is 6.33. The van der Waals surface area contributed by atoms with Crippen LogP contribution in [0.5, 0.6) is 0 Å². The molecule has 3 nitrogen and oxygen atoms in total. The van der Waals surface area contributed by atoms with Gasteiger partial charge in [0.25, 0.3) is 0 Å². The van der Waals surface area contributed by atoms with Gasteiger partial charge in [0.05, 0.1) is 16.8 Å². The summed E-state index contributed by atoms with van der Waals surface area (Å²) in [7, 11) is 0. The van der Waals surface area contributed by atoms with Crippen molar-refractivity contribution in [1.82, 2.24) is 4.90 Å². The van der Waals surface area contributed by atoms with Crippen LogP contribution in [-0.2, 0) is 0 Å². The van der Waals surface area contributed by atoms with E-state index in [1.165, 1.54) is 12.8 Å². The summed E-state index contributed by atoms with van der Waals surface area (Å²) < 4.78 is 0. The maximum atomic E-state index is 10.0. The van der Waals surface area contributed by atoms with E-state index in [2.05, 4.69) is 10.2 Å². The first kappa shape index (κ1) is 13.7. The molecule has 1 heterocycles. The average Bonchev–Trinajstić information content (AvgIpc) is 2.81. The monoisotopic (exact) mass is 268 g/mol. The van der Waals surface area contributed by atoms with E-state index in [9.17, 15) is 5.11 Å². The molecule has 100 valence electrons. The summed E-state index contributed by atoms with van der Waals surface area (Å²) in [5.41, 5.74) is 2.04. The second-order valence-corrected chi connectivity index (χ2v) is 5.38. The molecule has 0 saturated carbocycles. The fraction of sp³-hybridized carbons (Fsp3) is 0.571. The second kappa shape index (κ2) is 6.41. The third kappa shape index (κ3) is 3.61. The Balaban J connectivity index is 1.83. The number of nitrogens with one attached hydrogen (secondary N) is 1. The van der Waals surface area contributed by atoms with Crippen molar-refractivity contribution >= 4 is 17.3 Å². The zero-order valence-corrected chi connectivity index (χ0v) is 11.6. The SMILES string of the molecule is Cc1cccc(Cl)c1NCC(O)CN1CCCC1. The first-order chi connectivity index (χ1) is 8.66. The van der Waals surface area contributed by atoms with E-state index in [1.807, 2.05) is 25.1 Å². The van der Waals surface area contributed by atoms with Gasteiger partial charge < -0.3 is 15.3 Å². The van der Waals surface area contributed by atoms with E-state index in [4.69, 9.17) is 11.6 Å². The van der Waals surface area contributed by atoms with Crippen LogP contribution in [0.2, 0.25) is 5.02 Å². The highest BCUT2D eigenvalue weighted by Gasteiger charge is 2.15. The van der Waals surface area contributed by atoms with Crippen molar-refractivity contribution in [1.29, 1.82) is 0 Å². The minimum absolute atomic E-state index is 0.348. The number of hydrogen-bond acceptors (Lipinski definition) is 3. The summed E-state index contributed by atoms with van der Waals surface area (Å²) in [6.07, 6.45) is 2.16. The number of para-hydroxylation sites is 1. The zero-order valence-electron chi connectivity index (χ0n) is 10.8. The Bertz CT molecular complexity index is 371. The maximum absolute atomic E-state index is 10.0. The topological polar surface area (TPSA) is 35.5 Å². The summed E-state index contributed by atoms with van der Waals surface area (Å²) in [6, 6.07) is 5.81. The van der Waals surface area contributed by atoms with Gasteiger partial charge in [-0.15, -0.1) is 0 Å². The fourth-order valence-corrected chi connectivity index (χ4v) is 2.69. The molecule has 1 unspecified atom stereocenters. The summed E-state index contributed by atoms with van der Waals surface area (Å²) in [4.78, 5) is 2.31. The maximum Gasteiger partial charge on any atom is 0.0839 e. The second-order valence-electron chi connectivity index (χ2n) is 4.97. The Morgan fingerprint density at radius 1 is 1.39 bits per heavy atom. The van der Waals surface area contributed by atoms with Crippen LogP contribution < -0.4 is 5.32 Å². The molecular weight excluding hydrogens is 248 g/mol. The van der Waals surface area contributed by atoms with Crippen LogP contribution in [0.15, 0.2) is 18.2 Å². The number of nitrogens with zero attached hydrogens (tertiary/aromatic N) is 1. The van der Waals surface area contributed by atoms with Crippen LogP contribution in [0.4, 0.5) is 5.69 Å². The normalized spacial score (nSPS) is 17.9. The van der Waals surface area contributed by atoms with Crippen LogP contribution >= 0.6 is 11.6 Å². The van der Waals surface area contributed by atoms with E-state index in [1.54, 1.807) is 0 Å². The van der Waals surface area contributed by atoms with E-state index < -0.39 is 0 Å². The fourth-order valence-electron chi connectivity index (χ4n) is 2.40. The van der Waals surface area contributed by atoms with Gasteiger partial charge in [0.1, 0.15) is 0 Å². The molecule has 0 radical (unpaired) electrons. The third-order valence-corrected chi connectivity index (χ3v) is 3.72. The number of hydrogen-bond donors (Lipinski definition) is 2. The molecule has 0 spiro atoms. The lowest BCUT2D eigenvalue weighted by atomic mass is 10.2.